The van der Waals surface area contributed by atoms with Crippen molar-refractivity contribution in [3.05, 3.63) is 0 Å². The summed E-state index contributed by atoms with van der Waals surface area (Å²) in [7, 11) is 0. The van der Waals surface area contributed by atoms with Crippen molar-refractivity contribution >= 4 is 17.7 Å². The van der Waals surface area contributed by atoms with Crippen molar-refractivity contribution in [3.63, 3.8) is 0 Å². The molecule has 0 spiro atoms. The summed E-state index contributed by atoms with van der Waals surface area (Å²) in [4.78, 5) is 15.0. The van der Waals surface area contributed by atoms with Gasteiger partial charge in [0, 0.05) is 30.8 Å². The van der Waals surface area contributed by atoms with Crippen LogP contribution in [-0.2, 0) is 4.79 Å². The Labute approximate surface area is 121 Å². The molecule has 110 valence electrons. The number of carbonyl (C=O) groups is 1. The minimum Gasteiger partial charge on any atom is -0.342 e. The maximum absolute atomic E-state index is 12.8. The van der Waals surface area contributed by atoms with Crippen LogP contribution in [0, 0.1) is 17.3 Å². The molecule has 0 radical (unpaired) electrons. The second-order valence-electron chi connectivity index (χ2n) is 6.70. The molecule has 0 aromatic heterocycles. The standard InChI is InChI=1S/C15H28N2OS/c1-11-13(16)6-5-12(15(11,2)3)14(18)17-7-4-9-19-10-8-17/h11-13H,4-10,16H2,1-3H3. The van der Waals surface area contributed by atoms with Crippen molar-refractivity contribution in [2.75, 3.05) is 24.6 Å². The molecule has 1 saturated heterocycles. The van der Waals surface area contributed by atoms with E-state index in [-0.39, 0.29) is 17.4 Å². The van der Waals surface area contributed by atoms with E-state index < -0.39 is 0 Å². The molecule has 1 heterocycles. The smallest absolute Gasteiger partial charge is 0.226 e. The topological polar surface area (TPSA) is 46.3 Å². The van der Waals surface area contributed by atoms with Gasteiger partial charge in [0.15, 0.2) is 0 Å². The van der Waals surface area contributed by atoms with Gasteiger partial charge in [0.1, 0.15) is 0 Å². The second-order valence-corrected chi connectivity index (χ2v) is 7.92. The Hall–Kier alpha value is -0.220. The third kappa shape index (κ3) is 3.10. The van der Waals surface area contributed by atoms with E-state index in [0.29, 0.717) is 11.8 Å². The number of nitrogens with zero attached hydrogens (tertiary/aromatic N) is 1. The van der Waals surface area contributed by atoms with Crippen LogP contribution in [0.15, 0.2) is 0 Å². The van der Waals surface area contributed by atoms with Crippen molar-refractivity contribution in [2.45, 2.75) is 46.1 Å². The average molecular weight is 284 g/mol. The van der Waals surface area contributed by atoms with Gasteiger partial charge in [-0.25, -0.2) is 0 Å². The monoisotopic (exact) mass is 284 g/mol. The van der Waals surface area contributed by atoms with Gasteiger partial charge in [-0.05, 0) is 36.3 Å². The van der Waals surface area contributed by atoms with Crippen molar-refractivity contribution in [1.29, 1.82) is 0 Å². The number of hydrogen-bond donors (Lipinski definition) is 1. The van der Waals surface area contributed by atoms with Crippen molar-refractivity contribution < 1.29 is 4.79 Å². The molecule has 2 aliphatic rings. The molecule has 19 heavy (non-hydrogen) atoms. The summed E-state index contributed by atoms with van der Waals surface area (Å²) in [5.74, 6) is 3.24. The summed E-state index contributed by atoms with van der Waals surface area (Å²) in [6, 6.07) is 0.249. The Bertz CT molecular complexity index is 324. The number of nitrogens with two attached hydrogens (primary N) is 1. The first kappa shape index (κ1) is 15.2. The summed E-state index contributed by atoms with van der Waals surface area (Å²) in [6.07, 6.45) is 3.09. The number of amides is 1. The molecule has 1 amide bonds. The Balaban J connectivity index is 2.09. The number of carbonyl (C=O) groups excluding carboxylic acids is 1. The van der Waals surface area contributed by atoms with E-state index >= 15 is 0 Å². The lowest BCUT2D eigenvalue weighted by Gasteiger charge is -2.47. The van der Waals surface area contributed by atoms with E-state index in [1.54, 1.807) is 0 Å². The molecule has 3 unspecified atom stereocenters. The highest BCUT2D eigenvalue weighted by Gasteiger charge is 2.46. The van der Waals surface area contributed by atoms with Crippen molar-refractivity contribution in [3.8, 4) is 0 Å². The van der Waals surface area contributed by atoms with E-state index in [9.17, 15) is 4.79 Å². The largest absolute Gasteiger partial charge is 0.342 e. The Morgan fingerprint density at radius 2 is 2.00 bits per heavy atom. The lowest BCUT2D eigenvalue weighted by atomic mass is 9.60. The molecule has 0 aromatic rings. The van der Waals surface area contributed by atoms with Crippen LogP contribution >= 0.6 is 11.8 Å². The minimum absolute atomic E-state index is 0.0220. The van der Waals surface area contributed by atoms with Gasteiger partial charge in [0.25, 0.3) is 0 Å². The lowest BCUT2D eigenvalue weighted by molar-refractivity contribution is -0.143. The first-order valence-corrected chi connectivity index (χ1v) is 8.72. The number of rotatable bonds is 1. The summed E-state index contributed by atoms with van der Waals surface area (Å²) in [6.45, 7) is 8.54. The van der Waals surface area contributed by atoms with Gasteiger partial charge in [0.2, 0.25) is 5.91 Å². The Morgan fingerprint density at radius 3 is 2.74 bits per heavy atom. The van der Waals surface area contributed by atoms with E-state index in [4.69, 9.17) is 5.73 Å². The van der Waals surface area contributed by atoms with Gasteiger partial charge in [-0.3, -0.25) is 4.79 Å². The minimum atomic E-state index is 0.0220. The molecule has 1 saturated carbocycles. The van der Waals surface area contributed by atoms with E-state index in [1.165, 1.54) is 5.75 Å². The molecular formula is C15H28N2OS. The van der Waals surface area contributed by atoms with Gasteiger partial charge in [-0.15, -0.1) is 0 Å². The first-order chi connectivity index (χ1) is 8.94. The highest BCUT2D eigenvalue weighted by atomic mass is 32.2. The van der Waals surface area contributed by atoms with Gasteiger partial charge < -0.3 is 10.6 Å². The molecule has 0 bridgehead atoms. The van der Waals surface area contributed by atoms with Crippen molar-refractivity contribution in [2.24, 2.45) is 23.0 Å². The average Bonchev–Trinajstić information content (AvgIpc) is 2.64. The molecule has 3 nitrogen and oxygen atoms in total. The Kier molecular flexibility index (Phi) is 4.83. The molecule has 0 aromatic carbocycles. The molecule has 2 fully saturated rings. The fourth-order valence-corrected chi connectivity index (χ4v) is 4.37. The van der Waals surface area contributed by atoms with Gasteiger partial charge in [-0.1, -0.05) is 20.8 Å². The maximum atomic E-state index is 12.8. The van der Waals surface area contributed by atoms with E-state index in [0.717, 1.165) is 38.1 Å². The van der Waals surface area contributed by atoms with Crippen LogP contribution in [0.5, 0.6) is 0 Å². The Morgan fingerprint density at radius 1 is 1.26 bits per heavy atom. The highest BCUT2D eigenvalue weighted by molar-refractivity contribution is 7.99. The molecule has 4 heteroatoms. The predicted octanol–water partition coefficient (Wildman–Crippen LogP) is 2.35. The van der Waals surface area contributed by atoms with Crippen LogP contribution in [0.4, 0.5) is 0 Å². The van der Waals surface area contributed by atoms with Gasteiger partial charge in [0.05, 0.1) is 0 Å². The first-order valence-electron chi connectivity index (χ1n) is 7.56. The third-order valence-corrected chi connectivity index (χ3v) is 6.38. The molecule has 2 N–H and O–H groups in total. The predicted molar refractivity (Wildman–Crippen MR) is 82.2 cm³/mol. The summed E-state index contributed by atoms with van der Waals surface area (Å²) in [5.41, 5.74) is 6.21. The zero-order chi connectivity index (χ0) is 14.0. The van der Waals surface area contributed by atoms with Crippen LogP contribution < -0.4 is 5.73 Å². The highest BCUT2D eigenvalue weighted by Crippen LogP contribution is 2.45. The number of thioether (sulfide) groups is 1. The zero-order valence-corrected chi connectivity index (χ0v) is 13.3. The molecule has 1 aliphatic heterocycles. The van der Waals surface area contributed by atoms with Crippen molar-refractivity contribution in [1.82, 2.24) is 4.90 Å². The molecule has 1 aliphatic carbocycles. The quantitative estimate of drug-likeness (QED) is 0.804. The van der Waals surface area contributed by atoms with Gasteiger partial charge in [-0.2, -0.15) is 11.8 Å². The summed E-state index contributed by atoms with van der Waals surface area (Å²) >= 11 is 1.97. The summed E-state index contributed by atoms with van der Waals surface area (Å²) < 4.78 is 0. The number of hydrogen-bond acceptors (Lipinski definition) is 3. The van der Waals surface area contributed by atoms with Crippen LogP contribution in [-0.4, -0.2) is 41.4 Å². The summed E-state index contributed by atoms with van der Waals surface area (Å²) in [5, 5.41) is 0. The second kappa shape index (κ2) is 6.04. The fourth-order valence-electron chi connectivity index (χ4n) is 3.48. The third-order valence-electron chi connectivity index (χ3n) is 5.33. The van der Waals surface area contributed by atoms with Crippen LogP contribution in [0.1, 0.15) is 40.0 Å². The molecular weight excluding hydrogens is 256 g/mol. The van der Waals surface area contributed by atoms with Gasteiger partial charge >= 0.3 is 0 Å². The van der Waals surface area contributed by atoms with E-state index in [1.807, 2.05) is 11.8 Å². The molecule has 2 rings (SSSR count). The van der Waals surface area contributed by atoms with Crippen LogP contribution in [0.2, 0.25) is 0 Å². The maximum Gasteiger partial charge on any atom is 0.226 e. The molecule has 3 atom stereocenters. The van der Waals surface area contributed by atoms with E-state index in [2.05, 4.69) is 25.7 Å². The normalized spacial score (nSPS) is 35.8. The fraction of sp³-hybridized carbons (Fsp3) is 0.933. The SMILES string of the molecule is CC1C(N)CCC(C(=O)N2CCCSCC2)C1(C)C. The lowest BCUT2D eigenvalue weighted by Crippen LogP contribution is -2.52. The zero-order valence-electron chi connectivity index (χ0n) is 12.5. The van der Waals surface area contributed by atoms with Crippen LogP contribution in [0.25, 0.3) is 0 Å². The van der Waals surface area contributed by atoms with Crippen LogP contribution in [0.3, 0.4) is 0 Å².